The van der Waals surface area contributed by atoms with Crippen molar-refractivity contribution in [3.05, 3.63) is 54.5 Å². The Morgan fingerprint density at radius 2 is 1.97 bits per heavy atom. The normalized spacial score (nSPS) is 16.8. The Morgan fingerprint density at radius 3 is 2.67 bits per heavy atom. The number of alkyl halides is 3. The van der Waals surface area contributed by atoms with Crippen molar-refractivity contribution in [2.45, 2.75) is 12.2 Å². The molecule has 0 bridgehead atoms. The lowest BCUT2D eigenvalue weighted by Crippen LogP contribution is -2.35. The number of benzene rings is 1. The molecule has 0 aliphatic carbocycles. The van der Waals surface area contributed by atoms with Gasteiger partial charge in [0.05, 0.1) is 37.2 Å². The lowest BCUT2D eigenvalue weighted by atomic mass is 10.1. The van der Waals surface area contributed by atoms with Gasteiger partial charge in [-0.25, -0.2) is 9.78 Å². The highest BCUT2D eigenvalue weighted by Crippen LogP contribution is 2.39. The van der Waals surface area contributed by atoms with Crippen molar-refractivity contribution >= 4 is 28.2 Å². The van der Waals surface area contributed by atoms with Crippen LogP contribution >= 0.6 is 0 Å². The number of carbonyl (C=O) groups is 1. The molecule has 152 valence electrons. The molecule has 1 fully saturated rings. The van der Waals surface area contributed by atoms with E-state index in [9.17, 15) is 23.2 Å². The molecule has 0 radical (unpaired) electrons. The van der Waals surface area contributed by atoms with Gasteiger partial charge in [0.1, 0.15) is 11.7 Å². The van der Waals surface area contributed by atoms with Crippen LogP contribution in [-0.4, -0.2) is 35.7 Å². The van der Waals surface area contributed by atoms with Crippen LogP contribution < -0.4 is 14.5 Å². The first-order valence-electron chi connectivity index (χ1n) is 8.79. The quantitative estimate of drug-likeness (QED) is 0.648. The van der Waals surface area contributed by atoms with Crippen molar-refractivity contribution in [3.8, 4) is 11.9 Å². The molecule has 2 aromatic heterocycles. The summed E-state index contributed by atoms with van der Waals surface area (Å²) >= 11 is 0. The third-order valence-electron chi connectivity index (χ3n) is 4.80. The first-order chi connectivity index (χ1) is 14.3. The Balaban J connectivity index is 1.82. The van der Waals surface area contributed by atoms with Gasteiger partial charge < -0.3 is 4.74 Å². The van der Waals surface area contributed by atoms with Gasteiger partial charge in [-0.3, -0.25) is 14.8 Å². The zero-order chi connectivity index (χ0) is 21.5. The predicted octanol–water partition coefficient (Wildman–Crippen LogP) is 4.00. The number of carbonyl (C=O) groups excluding carboxylic acids is 1. The summed E-state index contributed by atoms with van der Waals surface area (Å²) in [6.07, 6.45) is -0.935. The van der Waals surface area contributed by atoms with Gasteiger partial charge in [0, 0.05) is 23.2 Å². The first-order valence-corrected chi connectivity index (χ1v) is 8.79. The summed E-state index contributed by atoms with van der Waals surface area (Å²) in [5.74, 6) is -0.147. The predicted molar refractivity (Wildman–Crippen MR) is 102 cm³/mol. The van der Waals surface area contributed by atoms with Crippen molar-refractivity contribution < 1.29 is 22.7 Å². The second-order valence-corrected chi connectivity index (χ2v) is 6.54. The molecule has 0 N–H and O–H groups in total. The van der Waals surface area contributed by atoms with Gasteiger partial charge in [0.2, 0.25) is 5.88 Å². The molecule has 1 atom stereocenters. The Labute approximate surface area is 168 Å². The SMILES string of the molecule is COc1ncc(C(F)(F)F)cc1N1CC(C#N)N(c2cncc3ccccc23)C1=O. The van der Waals surface area contributed by atoms with Crippen molar-refractivity contribution in [1.82, 2.24) is 9.97 Å². The van der Waals surface area contributed by atoms with E-state index in [0.29, 0.717) is 17.3 Å². The monoisotopic (exact) mass is 413 g/mol. The van der Waals surface area contributed by atoms with Gasteiger partial charge >= 0.3 is 12.2 Å². The maximum Gasteiger partial charge on any atom is 0.417 e. The van der Waals surface area contributed by atoms with Crippen LogP contribution in [0, 0.1) is 11.3 Å². The van der Waals surface area contributed by atoms with E-state index in [1.807, 2.05) is 18.2 Å². The molecule has 1 aromatic carbocycles. The third-order valence-corrected chi connectivity index (χ3v) is 4.80. The minimum atomic E-state index is -4.65. The second-order valence-electron chi connectivity index (χ2n) is 6.54. The summed E-state index contributed by atoms with van der Waals surface area (Å²) in [6, 6.07) is 8.42. The van der Waals surface area contributed by atoms with Crippen LogP contribution in [0.1, 0.15) is 5.56 Å². The summed E-state index contributed by atoms with van der Waals surface area (Å²) in [6.45, 7) is -0.155. The summed E-state index contributed by atoms with van der Waals surface area (Å²) in [4.78, 5) is 23.4. The molecule has 0 saturated carbocycles. The van der Waals surface area contributed by atoms with E-state index in [4.69, 9.17) is 4.74 Å². The number of hydrogen-bond donors (Lipinski definition) is 0. The number of methoxy groups -OCH3 is 1. The van der Waals surface area contributed by atoms with Gasteiger partial charge in [0.15, 0.2) is 0 Å². The fraction of sp³-hybridized carbons (Fsp3) is 0.200. The molecule has 1 aliphatic rings. The van der Waals surface area contributed by atoms with Crippen molar-refractivity contribution in [2.24, 2.45) is 0 Å². The molecule has 30 heavy (non-hydrogen) atoms. The summed E-state index contributed by atoms with van der Waals surface area (Å²) in [5.41, 5.74) is -0.788. The molecular weight excluding hydrogens is 399 g/mol. The molecule has 1 unspecified atom stereocenters. The van der Waals surface area contributed by atoms with Gasteiger partial charge in [-0.05, 0) is 6.07 Å². The molecule has 0 spiro atoms. The highest BCUT2D eigenvalue weighted by Gasteiger charge is 2.42. The Hall–Kier alpha value is -3.87. The maximum atomic E-state index is 13.3. The van der Waals surface area contributed by atoms with E-state index in [0.717, 1.165) is 16.4 Å². The molecule has 3 heterocycles. The van der Waals surface area contributed by atoms with Crippen LogP contribution in [0.3, 0.4) is 0 Å². The lowest BCUT2D eigenvalue weighted by molar-refractivity contribution is -0.137. The third kappa shape index (κ3) is 3.14. The fourth-order valence-electron chi connectivity index (χ4n) is 3.41. The average molecular weight is 413 g/mol. The number of halogens is 3. The van der Waals surface area contributed by atoms with E-state index >= 15 is 0 Å². The molecule has 2 amide bonds. The maximum absolute atomic E-state index is 13.3. The number of nitriles is 1. The fourth-order valence-corrected chi connectivity index (χ4v) is 3.41. The minimum Gasteiger partial charge on any atom is -0.480 e. The van der Waals surface area contributed by atoms with E-state index < -0.39 is 23.8 Å². The Kier molecular flexibility index (Phi) is 4.66. The largest absolute Gasteiger partial charge is 0.480 e. The number of fused-ring (bicyclic) bond motifs is 1. The number of ether oxygens (including phenoxy) is 1. The standard InChI is InChI=1S/C20H14F3N5O2/c1-30-18-16(6-13(9-26-18)20(21,22)23)27-11-14(7-24)28(19(27)29)17-10-25-8-12-4-2-3-5-15(12)17/h2-6,8-10,14H,11H2,1H3. The van der Waals surface area contributed by atoms with Crippen LogP contribution in [0.4, 0.5) is 29.3 Å². The Morgan fingerprint density at radius 1 is 1.20 bits per heavy atom. The molecule has 7 nitrogen and oxygen atoms in total. The molecule has 10 heteroatoms. The number of anilines is 2. The highest BCUT2D eigenvalue weighted by atomic mass is 19.4. The van der Waals surface area contributed by atoms with Gasteiger partial charge in [-0.2, -0.15) is 18.4 Å². The topological polar surface area (TPSA) is 82.3 Å². The van der Waals surface area contributed by atoms with Crippen molar-refractivity contribution in [3.63, 3.8) is 0 Å². The molecular formula is C20H14F3N5O2. The Bertz CT molecular complexity index is 1170. The van der Waals surface area contributed by atoms with E-state index in [2.05, 4.69) is 9.97 Å². The number of nitrogens with zero attached hydrogens (tertiary/aromatic N) is 5. The second kappa shape index (κ2) is 7.18. The molecule has 3 aromatic rings. The zero-order valence-corrected chi connectivity index (χ0v) is 15.6. The number of urea groups is 1. The number of hydrogen-bond acceptors (Lipinski definition) is 5. The van der Waals surface area contributed by atoms with E-state index in [-0.39, 0.29) is 18.1 Å². The van der Waals surface area contributed by atoms with E-state index in [1.165, 1.54) is 18.2 Å². The lowest BCUT2D eigenvalue weighted by Gasteiger charge is -2.22. The van der Waals surface area contributed by atoms with Crippen molar-refractivity contribution in [2.75, 3.05) is 23.5 Å². The number of pyridine rings is 2. The first kappa shape index (κ1) is 19.4. The van der Waals surface area contributed by atoms with Crippen LogP contribution in [0.2, 0.25) is 0 Å². The van der Waals surface area contributed by atoms with Gasteiger partial charge in [-0.15, -0.1) is 0 Å². The van der Waals surface area contributed by atoms with E-state index in [1.54, 1.807) is 18.3 Å². The molecule has 1 aliphatic heterocycles. The number of aromatic nitrogens is 2. The van der Waals surface area contributed by atoms with Crippen LogP contribution in [0.15, 0.2) is 48.9 Å². The zero-order valence-electron chi connectivity index (χ0n) is 15.6. The number of rotatable bonds is 3. The smallest absolute Gasteiger partial charge is 0.417 e. The van der Waals surface area contributed by atoms with Gasteiger partial charge in [-0.1, -0.05) is 24.3 Å². The summed E-state index contributed by atoms with van der Waals surface area (Å²) < 4.78 is 44.6. The molecule has 1 saturated heterocycles. The highest BCUT2D eigenvalue weighted by molar-refractivity contribution is 6.12. The molecule has 4 rings (SSSR count). The van der Waals surface area contributed by atoms with Crippen molar-refractivity contribution in [1.29, 1.82) is 5.26 Å². The van der Waals surface area contributed by atoms with Crippen LogP contribution in [-0.2, 0) is 6.18 Å². The average Bonchev–Trinajstić information content (AvgIpc) is 3.08. The summed E-state index contributed by atoms with van der Waals surface area (Å²) in [5, 5.41) is 11.1. The van der Waals surface area contributed by atoms with Crippen LogP contribution in [0.25, 0.3) is 10.8 Å². The van der Waals surface area contributed by atoms with Crippen LogP contribution in [0.5, 0.6) is 5.88 Å². The number of amides is 2. The van der Waals surface area contributed by atoms with Gasteiger partial charge in [0.25, 0.3) is 0 Å². The minimum absolute atomic E-state index is 0.147. The summed E-state index contributed by atoms with van der Waals surface area (Å²) in [7, 11) is 1.24.